The molecule has 0 radical (unpaired) electrons. The van der Waals surface area contributed by atoms with Crippen LogP contribution in [0.15, 0.2) is 34.9 Å². The zero-order valence-electron chi connectivity index (χ0n) is 11.0. The third-order valence-electron chi connectivity index (χ3n) is 3.14. The molecule has 2 unspecified atom stereocenters. The Morgan fingerprint density at radius 2 is 1.78 bits per heavy atom. The van der Waals surface area contributed by atoms with Gasteiger partial charge in [-0.1, -0.05) is 49.3 Å². The molecule has 2 N–H and O–H groups in total. The van der Waals surface area contributed by atoms with Crippen LogP contribution in [0.25, 0.3) is 0 Å². The summed E-state index contributed by atoms with van der Waals surface area (Å²) in [6, 6.07) is 9.93. The van der Waals surface area contributed by atoms with Crippen LogP contribution in [0.1, 0.15) is 50.0 Å². The summed E-state index contributed by atoms with van der Waals surface area (Å²) in [7, 11) is 0. The number of nitrogens with two attached hydrogens (primary N) is 1. The van der Waals surface area contributed by atoms with Gasteiger partial charge in [-0.05, 0) is 18.4 Å². The molecule has 0 aliphatic heterocycles. The molecule has 0 aliphatic carbocycles. The van der Waals surface area contributed by atoms with Crippen molar-refractivity contribution in [3.8, 4) is 0 Å². The Kier molecular flexibility index (Phi) is 3.77. The summed E-state index contributed by atoms with van der Waals surface area (Å²) in [6.07, 6.45) is 0. The van der Waals surface area contributed by atoms with Gasteiger partial charge in [0.15, 0.2) is 5.82 Å². The maximum atomic E-state index is 6.00. The van der Waals surface area contributed by atoms with Crippen molar-refractivity contribution in [1.29, 1.82) is 0 Å². The average Bonchev–Trinajstić information content (AvgIpc) is 2.87. The molecule has 1 aromatic carbocycles. The summed E-state index contributed by atoms with van der Waals surface area (Å²) in [6.45, 7) is 6.14. The van der Waals surface area contributed by atoms with Crippen LogP contribution >= 0.6 is 0 Å². The lowest BCUT2D eigenvalue weighted by Crippen LogP contribution is -2.18. The predicted octanol–water partition coefficient (Wildman–Crippen LogP) is 2.88. The molecule has 2 aromatic rings. The third-order valence-corrected chi connectivity index (χ3v) is 3.14. The second-order valence-corrected chi connectivity index (χ2v) is 4.89. The minimum absolute atomic E-state index is 0.0896. The average molecular weight is 245 g/mol. The Hall–Kier alpha value is -1.68. The first kappa shape index (κ1) is 12.8. The van der Waals surface area contributed by atoms with Crippen molar-refractivity contribution in [2.24, 2.45) is 11.7 Å². The number of rotatable bonds is 4. The Bertz CT molecular complexity index is 493. The standard InChI is InChI=1S/C14H19N3O/c1-9(2)12(15)13-16-14(18-17-13)10(3)11-7-5-4-6-8-11/h4-10,12H,15H2,1-3H3. The maximum Gasteiger partial charge on any atom is 0.233 e. The molecule has 0 fully saturated rings. The van der Waals surface area contributed by atoms with E-state index in [0.717, 1.165) is 5.56 Å². The van der Waals surface area contributed by atoms with E-state index >= 15 is 0 Å². The Morgan fingerprint density at radius 3 is 2.39 bits per heavy atom. The van der Waals surface area contributed by atoms with E-state index in [1.807, 2.05) is 39.0 Å². The largest absolute Gasteiger partial charge is 0.339 e. The molecule has 96 valence electrons. The molecule has 1 heterocycles. The predicted molar refractivity (Wildman–Crippen MR) is 70.0 cm³/mol. The molecular formula is C14H19N3O. The summed E-state index contributed by atoms with van der Waals surface area (Å²) < 4.78 is 5.31. The van der Waals surface area contributed by atoms with Crippen LogP contribution in [0, 0.1) is 5.92 Å². The van der Waals surface area contributed by atoms with E-state index in [2.05, 4.69) is 22.3 Å². The molecule has 0 amide bonds. The van der Waals surface area contributed by atoms with E-state index in [4.69, 9.17) is 10.3 Å². The SMILES string of the molecule is CC(c1ccccc1)c1nc(C(N)C(C)C)no1. The van der Waals surface area contributed by atoms with E-state index in [0.29, 0.717) is 17.6 Å². The Balaban J connectivity index is 2.20. The van der Waals surface area contributed by atoms with Crippen LogP contribution in [0.3, 0.4) is 0 Å². The van der Waals surface area contributed by atoms with E-state index in [9.17, 15) is 0 Å². The summed E-state index contributed by atoms with van der Waals surface area (Å²) >= 11 is 0. The van der Waals surface area contributed by atoms with Gasteiger partial charge in [0.25, 0.3) is 0 Å². The smallest absolute Gasteiger partial charge is 0.233 e. The van der Waals surface area contributed by atoms with Crippen LogP contribution < -0.4 is 5.73 Å². The van der Waals surface area contributed by atoms with Crippen LogP contribution in [0.2, 0.25) is 0 Å². The first-order valence-electron chi connectivity index (χ1n) is 6.23. The van der Waals surface area contributed by atoms with Crippen molar-refractivity contribution in [3.63, 3.8) is 0 Å². The van der Waals surface area contributed by atoms with Gasteiger partial charge < -0.3 is 10.3 Å². The quantitative estimate of drug-likeness (QED) is 0.899. The van der Waals surface area contributed by atoms with Crippen LogP contribution in [-0.4, -0.2) is 10.1 Å². The number of hydrogen-bond donors (Lipinski definition) is 1. The summed E-state index contributed by atoms with van der Waals surface area (Å²) in [4.78, 5) is 4.40. The van der Waals surface area contributed by atoms with Crippen molar-refractivity contribution in [3.05, 3.63) is 47.6 Å². The van der Waals surface area contributed by atoms with Crippen LogP contribution in [0.5, 0.6) is 0 Å². The van der Waals surface area contributed by atoms with Gasteiger partial charge in [0.05, 0.1) is 12.0 Å². The second-order valence-electron chi connectivity index (χ2n) is 4.89. The normalized spacial score (nSPS) is 14.7. The molecule has 2 rings (SSSR count). The molecule has 1 aromatic heterocycles. The van der Waals surface area contributed by atoms with Gasteiger partial charge in [0.2, 0.25) is 5.89 Å². The van der Waals surface area contributed by atoms with Gasteiger partial charge in [-0.3, -0.25) is 0 Å². The highest BCUT2D eigenvalue weighted by atomic mass is 16.5. The zero-order valence-corrected chi connectivity index (χ0v) is 11.0. The minimum atomic E-state index is -0.175. The van der Waals surface area contributed by atoms with E-state index in [1.165, 1.54) is 0 Å². The fourth-order valence-electron chi connectivity index (χ4n) is 1.74. The molecule has 0 aliphatic rings. The van der Waals surface area contributed by atoms with E-state index in [1.54, 1.807) is 0 Å². The molecule has 0 bridgehead atoms. The summed E-state index contributed by atoms with van der Waals surface area (Å²) in [5.74, 6) is 1.59. The van der Waals surface area contributed by atoms with Gasteiger partial charge in [-0.25, -0.2) is 0 Å². The molecule has 0 saturated heterocycles. The Labute approximate surface area is 107 Å². The van der Waals surface area contributed by atoms with Crippen LogP contribution in [-0.2, 0) is 0 Å². The molecule has 0 saturated carbocycles. The highest BCUT2D eigenvalue weighted by molar-refractivity contribution is 5.23. The van der Waals surface area contributed by atoms with Gasteiger partial charge >= 0.3 is 0 Å². The summed E-state index contributed by atoms with van der Waals surface area (Å²) in [5.41, 5.74) is 7.16. The number of benzene rings is 1. The van der Waals surface area contributed by atoms with Crippen LogP contribution in [0.4, 0.5) is 0 Å². The lowest BCUT2D eigenvalue weighted by molar-refractivity contribution is 0.356. The second kappa shape index (κ2) is 5.31. The van der Waals surface area contributed by atoms with Crippen molar-refractivity contribution in [2.75, 3.05) is 0 Å². The number of nitrogens with zero attached hydrogens (tertiary/aromatic N) is 2. The summed E-state index contributed by atoms with van der Waals surface area (Å²) in [5, 5.41) is 3.97. The van der Waals surface area contributed by atoms with Crippen molar-refractivity contribution in [1.82, 2.24) is 10.1 Å². The Morgan fingerprint density at radius 1 is 1.11 bits per heavy atom. The fraction of sp³-hybridized carbons (Fsp3) is 0.429. The fourth-order valence-corrected chi connectivity index (χ4v) is 1.74. The topological polar surface area (TPSA) is 64.9 Å². The van der Waals surface area contributed by atoms with Gasteiger partial charge in [0, 0.05) is 0 Å². The minimum Gasteiger partial charge on any atom is -0.339 e. The highest BCUT2D eigenvalue weighted by Crippen LogP contribution is 2.24. The third kappa shape index (κ3) is 2.59. The number of aromatic nitrogens is 2. The first-order chi connectivity index (χ1) is 8.59. The lowest BCUT2D eigenvalue weighted by Gasteiger charge is -2.10. The molecule has 0 spiro atoms. The maximum absolute atomic E-state index is 6.00. The van der Waals surface area contributed by atoms with Crippen molar-refractivity contribution < 1.29 is 4.52 Å². The van der Waals surface area contributed by atoms with Crippen molar-refractivity contribution >= 4 is 0 Å². The highest BCUT2D eigenvalue weighted by Gasteiger charge is 2.20. The van der Waals surface area contributed by atoms with E-state index < -0.39 is 0 Å². The first-order valence-corrected chi connectivity index (χ1v) is 6.23. The molecular weight excluding hydrogens is 226 g/mol. The lowest BCUT2D eigenvalue weighted by atomic mass is 10.0. The molecule has 4 heteroatoms. The zero-order chi connectivity index (χ0) is 13.1. The van der Waals surface area contributed by atoms with Gasteiger partial charge in [0.1, 0.15) is 0 Å². The van der Waals surface area contributed by atoms with Crippen molar-refractivity contribution in [2.45, 2.75) is 32.7 Å². The van der Waals surface area contributed by atoms with E-state index in [-0.39, 0.29) is 12.0 Å². The molecule has 2 atom stereocenters. The number of hydrogen-bond acceptors (Lipinski definition) is 4. The molecule has 18 heavy (non-hydrogen) atoms. The molecule has 4 nitrogen and oxygen atoms in total. The van der Waals surface area contributed by atoms with Gasteiger partial charge in [-0.15, -0.1) is 0 Å². The monoisotopic (exact) mass is 245 g/mol. The van der Waals surface area contributed by atoms with Gasteiger partial charge in [-0.2, -0.15) is 4.98 Å².